The maximum Gasteiger partial charge on any atom is 0.316 e. The van der Waals surface area contributed by atoms with Gasteiger partial charge < -0.3 is 9.64 Å². The molecule has 0 N–H and O–H groups in total. The average molecular weight is 459 g/mol. The first kappa shape index (κ1) is 22.1. The molecule has 1 aliphatic carbocycles. The van der Waals surface area contributed by atoms with Gasteiger partial charge in [-0.2, -0.15) is 0 Å². The van der Waals surface area contributed by atoms with Crippen molar-refractivity contribution in [2.24, 2.45) is 23.7 Å². The molecule has 2 fully saturated rings. The lowest BCUT2D eigenvalue weighted by Crippen LogP contribution is -2.31. The summed E-state index contributed by atoms with van der Waals surface area (Å²) in [5.41, 5.74) is 2.24. The third-order valence-electron chi connectivity index (χ3n) is 6.97. The van der Waals surface area contributed by atoms with E-state index < -0.39 is 11.9 Å². The van der Waals surface area contributed by atoms with Gasteiger partial charge in [-0.1, -0.05) is 42.8 Å². The second-order valence-corrected chi connectivity index (χ2v) is 9.33. The number of rotatable bonds is 4. The number of hydrogen-bond acceptors (Lipinski definition) is 5. The summed E-state index contributed by atoms with van der Waals surface area (Å²) >= 11 is 0. The molecule has 4 atom stereocenters. The van der Waals surface area contributed by atoms with Crippen molar-refractivity contribution in [1.82, 2.24) is 0 Å². The van der Waals surface area contributed by atoms with Crippen LogP contribution >= 0.6 is 0 Å². The number of carbonyl (C=O) groups is 4. The van der Waals surface area contributed by atoms with E-state index in [1.807, 2.05) is 50.3 Å². The first-order chi connectivity index (χ1) is 16.3. The fourth-order valence-corrected chi connectivity index (χ4v) is 5.13. The number of benzene rings is 2. The van der Waals surface area contributed by atoms with Gasteiger partial charge in [-0.3, -0.25) is 19.2 Å². The molecule has 5 rings (SSSR count). The Morgan fingerprint density at radius 3 is 2.50 bits per heavy atom. The summed E-state index contributed by atoms with van der Waals surface area (Å²) in [7, 11) is 0. The Morgan fingerprint density at radius 1 is 1.00 bits per heavy atom. The zero-order valence-corrected chi connectivity index (χ0v) is 19.1. The molecule has 34 heavy (non-hydrogen) atoms. The van der Waals surface area contributed by atoms with Gasteiger partial charge in [0.25, 0.3) is 0 Å². The van der Waals surface area contributed by atoms with E-state index in [0.29, 0.717) is 12.1 Å². The van der Waals surface area contributed by atoms with E-state index in [1.54, 1.807) is 23.1 Å². The number of allylic oxidation sites excluding steroid dienone is 2. The Morgan fingerprint density at radius 2 is 1.76 bits per heavy atom. The molecule has 3 amide bonds. The van der Waals surface area contributed by atoms with Crippen LogP contribution in [0.5, 0.6) is 5.75 Å². The van der Waals surface area contributed by atoms with E-state index in [4.69, 9.17) is 4.74 Å². The predicted octanol–water partition coefficient (Wildman–Crippen LogP) is 3.66. The van der Waals surface area contributed by atoms with E-state index in [2.05, 4.69) is 0 Å². The van der Waals surface area contributed by atoms with E-state index >= 15 is 0 Å². The van der Waals surface area contributed by atoms with Gasteiger partial charge in [0.2, 0.25) is 17.7 Å². The van der Waals surface area contributed by atoms with Crippen LogP contribution in [0.25, 0.3) is 0 Å². The Bertz CT molecular complexity index is 1200. The van der Waals surface area contributed by atoms with Gasteiger partial charge in [-0.15, -0.1) is 0 Å². The van der Waals surface area contributed by atoms with Crippen molar-refractivity contribution >= 4 is 35.1 Å². The molecule has 174 valence electrons. The van der Waals surface area contributed by atoms with Gasteiger partial charge in [0.05, 0.1) is 23.4 Å². The summed E-state index contributed by atoms with van der Waals surface area (Å²) in [6.45, 7) is 4.17. The number of hydrogen-bond donors (Lipinski definition) is 0. The molecule has 0 saturated carbocycles. The summed E-state index contributed by atoms with van der Waals surface area (Å²) in [4.78, 5) is 54.2. The van der Waals surface area contributed by atoms with Crippen molar-refractivity contribution in [2.75, 3.05) is 16.3 Å². The van der Waals surface area contributed by atoms with Gasteiger partial charge in [-0.05, 0) is 43.5 Å². The molecule has 2 aromatic carbocycles. The quantitative estimate of drug-likeness (QED) is 0.302. The van der Waals surface area contributed by atoms with Gasteiger partial charge in [0, 0.05) is 24.7 Å². The van der Waals surface area contributed by atoms with Crippen LogP contribution in [0.4, 0.5) is 11.4 Å². The van der Waals surface area contributed by atoms with Crippen molar-refractivity contribution in [2.45, 2.75) is 26.7 Å². The predicted molar refractivity (Wildman–Crippen MR) is 126 cm³/mol. The van der Waals surface area contributed by atoms with Crippen LogP contribution in [-0.4, -0.2) is 30.2 Å². The minimum atomic E-state index is -0.595. The number of imide groups is 1. The number of esters is 1. The molecule has 3 aliphatic rings. The van der Waals surface area contributed by atoms with Crippen LogP contribution in [0, 0.1) is 30.6 Å². The summed E-state index contributed by atoms with van der Waals surface area (Å²) < 4.78 is 5.58. The molecule has 2 saturated heterocycles. The molecule has 2 heterocycles. The highest BCUT2D eigenvalue weighted by Crippen LogP contribution is 2.41. The number of anilines is 2. The maximum absolute atomic E-state index is 13.1. The molecule has 7 nitrogen and oxygen atoms in total. The van der Waals surface area contributed by atoms with Gasteiger partial charge in [0.1, 0.15) is 5.75 Å². The molecular weight excluding hydrogens is 432 g/mol. The summed E-state index contributed by atoms with van der Waals surface area (Å²) in [5, 5.41) is 0. The normalized spacial score (nSPS) is 26.2. The van der Waals surface area contributed by atoms with E-state index in [9.17, 15) is 19.2 Å². The van der Waals surface area contributed by atoms with Gasteiger partial charge >= 0.3 is 5.97 Å². The number of ether oxygens (including phenoxy) is 1. The first-order valence-corrected chi connectivity index (χ1v) is 11.6. The summed E-state index contributed by atoms with van der Waals surface area (Å²) in [6.07, 6.45) is 4.57. The Hall–Kier alpha value is -3.74. The third-order valence-corrected chi connectivity index (χ3v) is 6.97. The van der Waals surface area contributed by atoms with Crippen LogP contribution in [0.2, 0.25) is 0 Å². The van der Waals surface area contributed by atoms with Crippen molar-refractivity contribution in [1.29, 1.82) is 0 Å². The van der Waals surface area contributed by atoms with Crippen molar-refractivity contribution in [3.8, 4) is 5.75 Å². The highest BCUT2D eigenvalue weighted by atomic mass is 16.5. The lowest BCUT2D eigenvalue weighted by molar-refractivity contribution is -0.139. The number of nitrogens with zero attached hydrogens (tertiary/aromatic N) is 2. The highest BCUT2D eigenvalue weighted by Gasteiger charge is 2.50. The third kappa shape index (κ3) is 3.81. The Labute approximate surface area is 198 Å². The molecule has 7 heteroatoms. The largest absolute Gasteiger partial charge is 0.426 e. The molecule has 2 aromatic rings. The number of aryl methyl sites for hydroxylation is 1. The number of fused-ring (bicyclic) bond motifs is 1. The topological polar surface area (TPSA) is 84.0 Å². The molecular formula is C27H26N2O5. The van der Waals surface area contributed by atoms with Crippen LogP contribution in [0.3, 0.4) is 0 Å². The smallest absolute Gasteiger partial charge is 0.316 e. The Kier molecular flexibility index (Phi) is 5.55. The minimum absolute atomic E-state index is 0.00223. The Balaban J connectivity index is 1.30. The van der Waals surface area contributed by atoms with Crippen LogP contribution in [0.1, 0.15) is 25.3 Å². The van der Waals surface area contributed by atoms with Crippen molar-refractivity contribution < 1.29 is 23.9 Å². The van der Waals surface area contributed by atoms with Crippen LogP contribution < -0.4 is 14.5 Å². The molecule has 0 bridgehead atoms. The minimum Gasteiger partial charge on any atom is -0.426 e. The summed E-state index contributed by atoms with van der Waals surface area (Å²) in [6, 6.07) is 14.0. The molecule has 0 spiro atoms. The molecule has 2 aliphatic heterocycles. The second-order valence-electron chi connectivity index (χ2n) is 9.33. The lowest BCUT2D eigenvalue weighted by Gasteiger charge is -2.22. The zero-order chi connectivity index (χ0) is 24.0. The zero-order valence-electron chi connectivity index (χ0n) is 19.1. The molecule has 0 unspecified atom stereocenters. The van der Waals surface area contributed by atoms with Crippen LogP contribution in [0.15, 0.2) is 60.7 Å². The van der Waals surface area contributed by atoms with Crippen LogP contribution in [-0.2, 0) is 19.2 Å². The van der Waals surface area contributed by atoms with Gasteiger partial charge in [-0.25, -0.2) is 4.90 Å². The van der Waals surface area contributed by atoms with Gasteiger partial charge in [0.15, 0.2) is 0 Å². The van der Waals surface area contributed by atoms with E-state index in [0.717, 1.165) is 11.3 Å². The fraction of sp³-hybridized carbons (Fsp3) is 0.333. The fourth-order valence-electron chi connectivity index (χ4n) is 5.13. The highest BCUT2D eigenvalue weighted by molar-refractivity contribution is 6.22. The maximum atomic E-state index is 13.1. The molecule has 0 aromatic heterocycles. The van der Waals surface area contributed by atoms with E-state index in [1.165, 1.54) is 11.0 Å². The summed E-state index contributed by atoms with van der Waals surface area (Å²) in [5.74, 6) is -2.14. The average Bonchev–Trinajstić information content (AvgIpc) is 3.33. The number of amides is 3. The standard InChI is InChI=1S/C27H26N2O5/c1-16-9-11-19(12-10-16)28-15-18(13-23(28)30)27(33)34-21-7-4-6-20(14-21)29-25(31)22-8-3-5-17(2)24(22)26(29)32/h3-7,9-12,14,17-18,22,24H,8,13,15H2,1-2H3/t17-,18-,22-,24+/m1/s1. The first-order valence-electron chi connectivity index (χ1n) is 11.6. The monoisotopic (exact) mass is 458 g/mol. The lowest BCUT2D eigenvalue weighted by atomic mass is 9.78. The second kappa shape index (κ2) is 8.56. The molecule has 0 radical (unpaired) electrons. The van der Waals surface area contributed by atoms with Crippen molar-refractivity contribution in [3.05, 3.63) is 66.2 Å². The van der Waals surface area contributed by atoms with Crippen molar-refractivity contribution in [3.63, 3.8) is 0 Å². The SMILES string of the molecule is Cc1ccc(N2C[C@H](C(=O)Oc3cccc(N4C(=O)[C@H]5[C@H](C)C=CC[C@H]5C4=O)c3)CC2=O)cc1. The van der Waals surface area contributed by atoms with E-state index in [-0.39, 0.29) is 54.2 Å². The number of carbonyl (C=O) groups excluding carboxylic acids is 4.